The molecule has 13 heavy (non-hydrogen) atoms. The van der Waals surface area contributed by atoms with Gasteiger partial charge >= 0.3 is 0 Å². The molecule has 1 atom stereocenters. The van der Waals surface area contributed by atoms with Crippen molar-refractivity contribution in [1.82, 2.24) is 4.90 Å². The van der Waals surface area contributed by atoms with Crippen LogP contribution in [0.4, 0.5) is 0 Å². The number of primary amides is 1. The van der Waals surface area contributed by atoms with E-state index in [0.29, 0.717) is 0 Å². The van der Waals surface area contributed by atoms with E-state index >= 15 is 0 Å². The van der Waals surface area contributed by atoms with E-state index in [1.54, 1.807) is 0 Å². The Morgan fingerprint density at radius 3 is 2.77 bits per heavy atom. The van der Waals surface area contributed by atoms with Crippen molar-refractivity contribution in [1.29, 1.82) is 0 Å². The molecule has 0 spiro atoms. The fourth-order valence-corrected chi connectivity index (χ4v) is 2.06. The summed E-state index contributed by atoms with van der Waals surface area (Å²) in [5.41, 5.74) is 7.98. The second kappa shape index (κ2) is 3.81. The predicted octanol–water partition coefficient (Wildman–Crippen LogP) is 1.25. The number of carbonyl (C=O) groups is 1. The topological polar surface area (TPSA) is 46.3 Å². The highest BCUT2D eigenvalue weighted by atomic mass is 16.1. The SMILES string of the molecule is CCC1=C(C)CC[C@@H](C(N)=O)N1C. The average molecular weight is 182 g/mol. The van der Waals surface area contributed by atoms with Crippen LogP contribution >= 0.6 is 0 Å². The molecule has 0 aromatic heterocycles. The maximum atomic E-state index is 11.1. The lowest BCUT2D eigenvalue weighted by molar-refractivity contribution is -0.122. The summed E-state index contributed by atoms with van der Waals surface area (Å²) in [4.78, 5) is 13.1. The largest absolute Gasteiger partial charge is 0.368 e. The summed E-state index contributed by atoms with van der Waals surface area (Å²) in [6.45, 7) is 4.24. The van der Waals surface area contributed by atoms with Crippen LogP contribution in [0.5, 0.6) is 0 Å². The second-order valence-electron chi connectivity index (χ2n) is 3.65. The van der Waals surface area contributed by atoms with E-state index in [9.17, 15) is 4.79 Å². The second-order valence-corrected chi connectivity index (χ2v) is 3.65. The number of rotatable bonds is 2. The minimum Gasteiger partial charge on any atom is -0.368 e. The molecule has 0 aliphatic carbocycles. The van der Waals surface area contributed by atoms with Crippen LogP contribution in [0.15, 0.2) is 11.3 Å². The highest BCUT2D eigenvalue weighted by Crippen LogP contribution is 2.26. The Hall–Kier alpha value is -0.990. The number of nitrogens with zero attached hydrogens (tertiary/aromatic N) is 1. The smallest absolute Gasteiger partial charge is 0.240 e. The summed E-state index contributed by atoms with van der Waals surface area (Å²) >= 11 is 0. The zero-order valence-electron chi connectivity index (χ0n) is 8.63. The van der Waals surface area contributed by atoms with E-state index in [0.717, 1.165) is 19.3 Å². The van der Waals surface area contributed by atoms with Gasteiger partial charge in [0.2, 0.25) is 5.91 Å². The van der Waals surface area contributed by atoms with Gasteiger partial charge in [-0.25, -0.2) is 0 Å². The Bertz CT molecular complexity index is 245. The predicted molar refractivity (Wildman–Crippen MR) is 53.0 cm³/mol. The third-order valence-electron chi connectivity index (χ3n) is 2.84. The Labute approximate surface area is 79.6 Å². The maximum absolute atomic E-state index is 11.1. The first kappa shape index (κ1) is 10.1. The first-order valence-electron chi connectivity index (χ1n) is 4.78. The number of allylic oxidation sites excluding steroid dienone is 2. The maximum Gasteiger partial charge on any atom is 0.240 e. The molecule has 0 fully saturated rings. The van der Waals surface area contributed by atoms with E-state index in [1.165, 1.54) is 11.3 Å². The van der Waals surface area contributed by atoms with Crippen molar-refractivity contribution in [2.75, 3.05) is 7.05 Å². The van der Waals surface area contributed by atoms with Crippen molar-refractivity contribution < 1.29 is 4.79 Å². The molecule has 1 aliphatic heterocycles. The molecule has 0 bridgehead atoms. The van der Waals surface area contributed by atoms with Crippen molar-refractivity contribution in [2.45, 2.75) is 39.2 Å². The molecule has 1 aliphatic rings. The highest BCUT2D eigenvalue weighted by molar-refractivity contribution is 5.80. The van der Waals surface area contributed by atoms with Gasteiger partial charge in [-0.2, -0.15) is 0 Å². The Kier molecular flexibility index (Phi) is 2.96. The molecule has 0 unspecified atom stereocenters. The van der Waals surface area contributed by atoms with E-state index in [1.807, 2.05) is 11.9 Å². The molecule has 3 nitrogen and oxygen atoms in total. The molecule has 0 radical (unpaired) electrons. The molecule has 1 rings (SSSR count). The Morgan fingerprint density at radius 1 is 1.69 bits per heavy atom. The van der Waals surface area contributed by atoms with Crippen molar-refractivity contribution in [3.05, 3.63) is 11.3 Å². The van der Waals surface area contributed by atoms with Crippen LogP contribution in [0.25, 0.3) is 0 Å². The third kappa shape index (κ3) is 1.85. The van der Waals surface area contributed by atoms with Gasteiger partial charge in [-0.3, -0.25) is 4.79 Å². The van der Waals surface area contributed by atoms with Gasteiger partial charge in [0.1, 0.15) is 6.04 Å². The Morgan fingerprint density at radius 2 is 2.31 bits per heavy atom. The van der Waals surface area contributed by atoms with Crippen LogP contribution in [0.2, 0.25) is 0 Å². The summed E-state index contributed by atoms with van der Waals surface area (Å²) in [5.74, 6) is -0.207. The van der Waals surface area contributed by atoms with Crippen molar-refractivity contribution >= 4 is 5.91 Å². The Balaban J connectivity index is 2.87. The lowest BCUT2D eigenvalue weighted by Gasteiger charge is -2.35. The van der Waals surface area contributed by atoms with Gasteiger partial charge in [-0.1, -0.05) is 12.5 Å². The number of hydrogen-bond acceptors (Lipinski definition) is 2. The summed E-state index contributed by atoms with van der Waals surface area (Å²) in [5, 5.41) is 0. The molecule has 74 valence electrons. The number of carbonyl (C=O) groups excluding carboxylic acids is 1. The lowest BCUT2D eigenvalue weighted by Crippen LogP contribution is -2.44. The fourth-order valence-electron chi connectivity index (χ4n) is 2.06. The van der Waals surface area contributed by atoms with Crippen LogP contribution in [-0.2, 0) is 4.79 Å². The number of likely N-dealkylation sites (N-methyl/N-ethyl adjacent to an activating group) is 1. The normalized spacial score (nSPS) is 23.6. The van der Waals surface area contributed by atoms with E-state index in [4.69, 9.17) is 5.73 Å². The van der Waals surface area contributed by atoms with Crippen LogP contribution in [-0.4, -0.2) is 23.9 Å². The van der Waals surface area contributed by atoms with Crippen LogP contribution < -0.4 is 5.73 Å². The molecule has 0 saturated carbocycles. The molecule has 0 aromatic rings. The van der Waals surface area contributed by atoms with Crippen molar-refractivity contribution in [2.24, 2.45) is 5.73 Å². The van der Waals surface area contributed by atoms with Gasteiger partial charge in [-0.15, -0.1) is 0 Å². The van der Waals surface area contributed by atoms with E-state index in [2.05, 4.69) is 13.8 Å². The zero-order chi connectivity index (χ0) is 10.0. The van der Waals surface area contributed by atoms with Crippen molar-refractivity contribution in [3.8, 4) is 0 Å². The molecular formula is C10H18N2O. The monoisotopic (exact) mass is 182 g/mol. The van der Waals surface area contributed by atoms with Crippen LogP contribution in [0, 0.1) is 0 Å². The molecule has 0 aromatic carbocycles. The van der Waals surface area contributed by atoms with Gasteiger partial charge in [0.25, 0.3) is 0 Å². The van der Waals surface area contributed by atoms with Crippen LogP contribution in [0.3, 0.4) is 0 Å². The van der Waals surface area contributed by atoms with Crippen molar-refractivity contribution in [3.63, 3.8) is 0 Å². The zero-order valence-corrected chi connectivity index (χ0v) is 8.63. The van der Waals surface area contributed by atoms with Crippen LogP contribution in [0.1, 0.15) is 33.1 Å². The summed E-state index contributed by atoms with van der Waals surface area (Å²) in [6, 6.07) is -0.0985. The van der Waals surface area contributed by atoms with Gasteiger partial charge in [0.05, 0.1) is 0 Å². The molecular weight excluding hydrogens is 164 g/mol. The number of hydrogen-bond donors (Lipinski definition) is 1. The average Bonchev–Trinajstić information content (AvgIpc) is 2.04. The van der Waals surface area contributed by atoms with E-state index < -0.39 is 0 Å². The van der Waals surface area contributed by atoms with Gasteiger partial charge in [0, 0.05) is 12.7 Å². The molecule has 2 N–H and O–H groups in total. The minimum atomic E-state index is -0.207. The lowest BCUT2D eigenvalue weighted by atomic mass is 9.96. The quantitative estimate of drug-likeness (QED) is 0.698. The number of nitrogens with two attached hydrogens (primary N) is 1. The third-order valence-corrected chi connectivity index (χ3v) is 2.84. The number of amides is 1. The summed E-state index contributed by atoms with van der Waals surface area (Å²) < 4.78 is 0. The highest BCUT2D eigenvalue weighted by Gasteiger charge is 2.26. The van der Waals surface area contributed by atoms with E-state index in [-0.39, 0.29) is 11.9 Å². The minimum absolute atomic E-state index is 0.0985. The first-order chi connectivity index (χ1) is 6.07. The van der Waals surface area contributed by atoms with Gasteiger partial charge in [0.15, 0.2) is 0 Å². The molecule has 0 saturated heterocycles. The van der Waals surface area contributed by atoms with Gasteiger partial charge in [-0.05, 0) is 26.2 Å². The summed E-state index contributed by atoms with van der Waals surface area (Å²) in [7, 11) is 1.96. The standard InChI is InChI=1S/C10H18N2O/c1-4-8-7(2)5-6-9(10(11)13)12(8)3/h9H,4-6H2,1-3H3,(H2,11,13)/t9-/m0/s1. The molecule has 1 heterocycles. The summed E-state index contributed by atoms with van der Waals surface area (Å²) in [6.07, 6.45) is 2.84. The molecule has 3 heteroatoms. The fraction of sp³-hybridized carbons (Fsp3) is 0.700. The first-order valence-corrected chi connectivity index (χ1v) is 4.78. The van der Waals surface area contributed by atoms with Gasteiger partial charge < -0.3 is 10.6 Å². The molecule has 1 amide bonds.